The van der Waals surface area contributed by atoms with Crippen molar-refractivity contribution in [2.45, 2.75) is 25.5 Å². The molecule has 0 aliphatic carbocycles. The fraction of sp³-hybridized carbons (Fsp3) is 1.00. The van der Waals surface area contributed by atoms with Crippen molar-refractivity contribution in [2.24, 2.45) is 0 Å². The average Bonchev–Trinajstić information content (AvgIpc) is 1.68. The number of thioether (sulfide) groups is 1. The third-order valence-electron chi connectivity index (χ3n) is 0.976. The first kappa shape index (κ1) is 8.31. The quantitative estimate of drug-likeness (QED) is 0.574. The lowest BCUT2D eigenvalue weighted by atomic mass is 10.3. The molecule has 0 heterocycles. The zero-order valence-electron chi connectivity index (χ0n) is 5.52. The molecule has 1 unspecified atom stereocenters. The summed E-state index contributed by atoms with van der Waals surface area (Å²) in [7, 11) is 0. The summed E-state index contributed by atoms with van der Waals surface area (Å²) in [6, 6.07) is 0. The van der Waals surface area contributed by atoms with E-state index in [0.29, 0.717) is 5.25 Å². The third-order valence-corrected chi connectivity index (χ3v) is 2.11. The zero-order valence-corrected chi connectivity index (χ0v) is 6.33. The van der Waals surface area contributed by atoms with Crippen LogP contribution in [0.1, 0.15) is 20.3 Å². The van der Waals surface area contributed by atoms with Crippen LogP contribution in [0, 0.1) is 0 Å². The van der Waals surface area contributed by atoms with Gasteiger partial charge < -0.3 is 0 Å². The van der Waals surface area contributed by atoms with E-state index in [4.69, 9.17) is 0 Å². The van der Waals surface area contributed by atoms with Crippen LogP contribution in [0.5, 0.6) is 0 Å². The van der Waals surface area contributed by atoms with E-state index in [2.05, 4.69) is 13.8 Å². The van der Waals surface area contributed by atoms with Crippen LogP contribution >= 0.6 is 11.8 Å². The molecule has 0 aliphatic rings. The number of rotatable bonds is 4. The maximum atomic E-state index is 10.0. The van der Waals surface area contributed by atoms with Crippen LogP contribution in [0.2, 0.25) is 0 Å². The predicted molar refractivity (Wildman–Crippen MR) is 37.8 cm³/mol. The Morgan fingerprint density at radius 3 is 2.62 bits per heavy atom. The summed E-state index contributed by atoms with van der Waals surface area (Å²) in [6.07, 6.45) is 0.818. The molecule has 0 aromatic rings. The SMILES string of the molecule is CCSC(C)CC[O]. The first-order valence-corrected chi connectivity index (χ1v) is 4.05. The molecular formula is C6H13OS. The van der Waals surface area contributed by atoms with Crippen molar-refractivity contribution in [1.82, 2.24) is 0 Å². The normalized spacial score (nSPS) is 13.9. The summed E-state index contributed by atoms with van der Waals surface area (Å²) < 4.78 is 0. The monoisotopic (exact) mass is 133 g/mol. The van der Waals surface area contributed by atoms with Crippen molar-refractivity contribution in [1.29, 1.82) is 0 Å². The molecule has 0 aromatic heterocycles. The first-order chi connectivity index (χ1) is 3.81. The van der Waals surface area contributed by atoms with E-state index in [1.807, 2.05) is 11.8 Å². The fourth-order valence-electron chi connectivity index (χ4n) is 0.534. The summed E-state index contributed by atoms with van der Waals surface area (Å²) in [4.78, 5) is 0. The molecule has 0 spiro atoms. The molecule has 0 rings (SSSR count). The van der Waals surface area contributed by atoms with Gasteiger partial charge in [0.2, 0.25) is 0 Å². The molecule has 0 saturated heterocycles. The second-order valence-electron chi connectivity index (χ2n) is 1.76. The lowest BCUT2D eigenvalue weighted by molar-refractivity contribution is 0.189. The fourth-order valence-corrected chi connectivity index (χ4v) is 1.37. The smallest absolute Gasteiger partial charge is 0.0832 e. The van der Waals surface area contributed by atoms with E-state index in [1.54, 1.807) is 0 Å². The van der Waals surface area contributed by atoms with Gasteiger partial charge in [0.05, 0.1) is 6.61 Å². The first-order valence-electron chi connectivity index (χ1n) is 3.01. The molecule has 2 heteroatoms. The molecule has 1 nitrogen and oxygen atoms in total. The standard InChI is InChI=1S/C6H13OS/c1-3-8-6(2)4-5-7/h6H,3-5H2,1-2H3. The Morgan fingerprint density at radius 1 is 1.62 bits per heavy atom. The molecule has 1 atom stereocenters. The van der Waals surface area contributed by atoms with Crippen LogP contribution in [0.3, 0.4) is 0 Å². The van der Waals surface area contributed by atoms with Crippen molar-refractivity contribution >= 4 is 11.8 Å². The van der Waals surface area contributed by atoms with E-state index >= 15 is 0 Å². The summed E-state index contributed by atoms with van der Waals surface area (Å²) in [5, 5.41) is 10.6. The van der Waals surface area contributed by atoms with Gasteiger partial charge in [-0.1, -0.05) is 13.8 Å². The molecule has 0 aliphatic heterocycles. The average molecular weight is 133 g/mol. The van der Waals surface area contributed by atoms with Gasteiger partial charge in [-0.05, 0) is 12.2 Å². The Morgan fingerprint density at radius 2 is 2.25 bits per heavy atom. The van der Waals surface area contributed by atoms with Crippen LogP contribution < -0.4 is 0 Å². The van der Waals surface area contributed by atoms with Gasteiger partial charge in [-0.25, -0.2) is 5.11 Å². The molecular weight excluding hydrogens is 120 g/mol. The highest BCUT2D eigenvalue weighted by Crippen LogP contribution is 2.11. The van der Waals surface area contributed by atoms with Gasteiger partial charge in [0, 0.05) is 5.25 Å². The largest absolute Gasteiger partial charge is 0.237 e. The minimum absolute atomic E-state index is 0.0775. The third kappa shape index (κ3) is 4.47. The summed E-state index contributed by atoms with van der Waals surface area (Å²) in [5.74, 6) is 1.13. The molecule has 0 amide bonds. The predicted octanol–water partition coefficient (Wildman–Crippen LogP) is 1.95. The van der Waals surface area contributed by atoms with Crippen molar-refractivity contribution in [3.05, 3.63) is 0 Å². The molecule has 0 bridgehead atoms. The molecule has 49 valence electrons. The molecule has 8 heavy (non-hydrogen) atoms. The Balaban J connectivity index is 2.92. The molecule has 0 aromatic carbocycles. The van der Waals surface area contributed by atoms with Gasteiger partial charge in [-0.2, -0.15) is 11.8 Å². The molecule has 0 N–H and O–H groups in total. The van der Waals surface area contributed by atoms with Gasteiger partial charge in [0.25, 0.3) is 0 Å². The van der Waals surface area contributed by atoms with Crippen LogP contribution in [0.15, 0.2) is 0 Å². The summed E-state index contributed by atoms with van der Waals surface area (Å²) >= 11 is 1.86. The van der Waals surface area contributed by atoms with Gasteiger partial charge in [0.15, 0.2) is 0 Å². The number of hydrogen-bond acceptors (Lipinski definition) is 1. The topological polar surface area (TPSA) is 19.9 Å². The van der Waals surface area contributed by atoms with Crippen LogP contribution in [0.25, 0.3) is 0 Å². The second-order valence-corrected chi connectivity index (χ2v) is 3.47. The molecule has 0 fully saturated rings. The van der Waals surface area contributed by atoms with Gasteiger partial charge in [0.1, 0.15) is 0 Å². The van der Waals surface area contributed by atoms with Crippen LogP contribution in [0.4, 0.5) is 0 Å². The molecule has 0 saturated carbocycles. The van der Waals surface area contributed by atoms with E-state index in [9.17, 15) is 5.11 Å². The van der Waals surface area contributed by atoms with Crippen molar-refractivity contribution in [3.63, 3.8) is 0 Å². The minimum Gasteiger partial charge on any atom is -0.237 e. The maximum Gasteiger partial charge on any atom is 0.0832 e. The van der Waals surface area contributed by atoms with Crippen LogP contribution in [-0.2, 0) is 5.11 Å². The Bertz CT molecular complexity index is 41.8. The van der Waals surface area contributed by atoms with E-state index in [1.165, 1.54) is 0 Å². The highest BCUT2D eigenvalue weighted by Gasteiger charge is 1.97. The van der Waals surface area contributed by atoms with Gasteiger partial charge >= 0.3 is 0 Å². The van der Waals surface area contributed by atoms with Gasteiger partial charge in [-0.3, -0.25) is 0 Å². The zero-order chi connectivity index (χ0) is 6.41. The minimum atomic E-state index is 0.0775. The maximum absolute atomic E-state index is 10.0. The van der Waals surface area contributed by atoms with Crippen molar-refractivity contribution < 1.29 is 5.11 Å². The Hall–Kier alpha value is 0.310. The summed E-state index contributed by atoms with van der Waals surface area (Å²) in [5.41, 5.74) is 0. The summed E-state index contributed by atoms with van der Waals surface area (Å²) in [6.45, 7) is 4.30. The van der Waals surface area contributed by atoms with Gasteiger partial charge in [-0.15, -0.1) is 0 Å². The molecule has 1 radical (unpaired) electrons. The van der Waals surface area contributed by atoms with Crippen LogP contribution in [-0.4, -0.2) is 17.6 Å². The Kier molecular flexibility index (Phi) is 5.66. The highest BCUT2D eigenvalue weighted by molar-refractivity contribution is 7.99. The highest BCUT2D eigenvalue weighted by atomic mass is 32.2. The lowest BCUT2D eigenvalue weighted by Crippen LogP contribution is -1.98. The van der Waals surface area contributed by atoms with E-state index in [0.717, 1.165) is 12.2 Å². The number of hydrogen-bond donors (Lipinski definition) is 0. The van der Waals surface area contributed by atoms with Crippen molar-refractivity contribution in [2.75, 3.05) is 12.4 Å². The lowest BCUT2D eigenvalue weighted by Gasteiger charge is -2.04. The van der Waals surface area contributed by atoms with Crippen molar-refractivity contribution in [3.8, 4) is 0 Å². The van der Waals surface area contributed by atoms with E-state index in [-0.39, 0.29) is 6.61 Å². The Labute approximate surface area is 55.5 Å². The van der Waals surface area contributed by atoms with E-state index < -0.39 is 0 Å². The second kappa shape index (κ2) is 5.45.